The zero-order valence-corrected chi connectivity index (χ0v) is 17.5. The van der Waals surface area contributed by atoms with Crippen molar-refractivity contribution in [3.63, 3.8) is 0 Å². The van der Waals surface area contributed by atoms with Gasteiger partial charge in [0.15, 0.2) is 19.7 Å². The predicted octanol–water partition coefficient (Wildman–Crippen LogP) is 1.70. The van der Waals surface area contributed by atoms with E-state index in [9.17, 15) is 16.8 Å². The third kappa shape index (κ3) is 4.18. The molecule has 2 heterocycles. The van der Waals surface area contributed by atoms with Gasteiger partial charge in [-0.05, 0) is 29.8 Å². The van der Waals surface area contributed by atoms with Crippen molar-refractivity contribution in [3.05, 3.63) is 54.1 Å². The van der Waals surface area contributed by atoms with Crippen molar-refractivity contribution < 1.29 is 26.3 Å². The molecule has 29 heavy (non-hydrogen) atoms. The number of fused-ring (bicyclic) bond motifs is 1. The van der Waals surface area contributed by atoms with Gasteiger partial charge in [-0.25, -0.2) is 16.8 Å². The highest BCUT2D eigenvalue weighted by atomic mass is 32.2. The molecular formula is C20H23NO6S2. The van der Waals surface area contributed by atoms with Gasteiger partial charge >= 0.3 is 0 Å². The number of rotatable bonds is 6. The highest BCUT2D eigenvalue weighted by molar-refractivity contribution is 7.96. The summed E-state index contributed by atoms with van der Waals surface area (Å²) in [5.41, 5.74) is 0.314. The van der Waals surface area contributed by atoms with Gasteiger partial charge in [0.1, 0.15) is 17.6 Å². The van der Waals surface area contributed by atoms with Crippen LogP contribution in [0.15, 0.2) is 58.3 Å². The maximum absolute atomic E-state index is 13.0. The average Bonchev–Trinajstić information content (AvgIpc) is 3.01. The fourth-order valence-corrected chi connectivity index (χ4v) is 8.02. The minimum absolute atomic E-state index is 0.0471. The Morgan fingerprint density at radius 1 is 1.07 bits per heavy atom. The van der Waals surface area contributed by atoms with Gasteiger partial charge in [0.25, 0.3) is 0 Å². The van der Waals surface area contributed by atoms with E-state index in [2.05, 4.69) is 4.90 Å². The molecule has 2 aromatic carbocycles. The lowest BCUT2D eigenvalue weighted by atomic mass is 10.1. The number of morpholine rings is 1. The van der Waals surface area contributed by atoms with E-state index in [0.29, 0.717) is 31.1 Å². The summed E-state index contributed by atoms with van der Waals surface area (Å²) in [7, 11) is -7.51. The molecule has 0 spiro atoms. The van der Waals surface area contributed by atoms with Crippen LogP contribution in [0.1, 0.15) is 10.8 Å². The smallest absolute Gasteiger partial charge is 0.186 e. The van der Waals surface area contributed by atoms with Gasteiger partial charge in [0.05, 0.1) is 28.8 Å². The first-order valence-corrected chi connectivity index (χ1v) is 12.7. The van der Waals surface area contributed by atoms with E-state index in [4.69, 9.17) is 9.47 Å². The Kier molecular flexibility index (Phi) is 5.65. The van der Waals surface area contributed by atoms with Crippen molar-refractivity contribution in [3.8, 4) is 5.75 Å². The fraction of sp³-hybridized carbons (Fsp3) is 0.400. The minimum atomic E-state index is -3.81. The second-order valence-corrected chi connectivity index (χ2v) is 11.3. The molecule has 0 aromatic heterocycles. The van der Waals surface area contributed by atoms with E-state index < -0.39 is 30.7 Å². The zero-order chi connectivity index (χ0) is 20.5. The summed E-state index contributed by atoms with van der Waals surface area (Å²) in [5, 5.41) is -1.10. The molecule has 1 saturated heterocycles. The second kappa shape index (κ2) is 8.06. The summed E-state index contributed by atoms with van der Waals surface area (Å²) in [5.74, 6) is -0.0186. The summed E-state index contributed by atoms with van der Waals surface area (Å²) in [6, 6.07) is 12.6. The van der Waals surface area contributed by atoms with Crippen LogP contribution in [0.5, 0.6) is 5.75 Å². The average molecular weight is 438 g/mol. The minimum Gasteiger partial charge on any atom is -0.492 e. The van der Waals surface area contributed by atoms with Gasteiger partial charge in [0.2, 0.25) is 0 Å². The fourth-order valence-electron chi connectivity index (χ4n) is 3.67. The van der Waals surface area contributed by atoms with Crippen LogP contribution < -0.4 is 4.74 Å². The lowest BCUT2D eigenvalue weighted by molar-refractivity contribution is 0.0322. The zero-order valence-electron chi connectivity index (χ0n) is 15.9. The highest BCUT2D eigenvalue weighted by Crippen LogP contribution is 2.42. The first-order valence-electron chi connectivity index (χ1n) is 9.46. The molecule has 0 amide bonds. The Balaban J connectivity index is 1.54. The molecular weight excluding hydrogens is 414 g/mol. The predicted molar refractivity (Wildman–Crippen MR) is 108 cm³/mol. The van der Waals surface area contributed by atoms with Crippen LogP contribution in [-0.4, -0.2) is 66.9 Å². The molecule has 1 atom stereocenters. The molecule has 1 fully saturated rings. The van der Waals surface area contributed by atoms with Crippen molar-refractivity contribution in [2.45, 2.75) is 15.0 Å². The molecule has 2 aliphatic heterocycles. The SMILES string of the molecule is O=S1(=O)CC(S(=O)(=O)c2ccccc2)c2ccc(OCCN3CCOCC3)cc21. The molecule has 0 N–H and O–H groups in total. The van der Waals surface area contributed by atoms with Crippen molar-refractivity contribution in [1.29, 1.82) is 0 Å². The van der Waals surface area contributed by atoms with Gasteiger partial charge < -0.3 is 9.47 Å². The summed E-state index contributed by atoms with van der Waals surface area (Å²) in [6.45, 7) is 4.24. The number of benzene rings is 2. The molecule has 0 radical (unpaired) electrons. The molecule has 2 aromatic rings. The van der Waals surface area contributed by atoms with E-state index >= 15 is 0 Å². The van der Waals surface area contributed by atoms with E-state index in [1.165, 1.54) is 18.2 Å². The quantitative estimate of drug-likeness (QED) is 0.679. The molecule has 4 rings (SSSR count). The summed E-state index contributed by atoms with van der Waals surface area (Å²) < 4.78 is 62.4. The van der Waals surface area contributed by atoms with E-state index in [-0.39, 0.29) is 9.79 Å². The van der Waals surface area contributed by atoms with Crippen LogP contribution in [0.25, 0.3) is 0 Å². The molecule has 9 heteroatoms. The maximum atomic E-state index is 13.0. The number of ether oxygens (including phenoxy) is 2. The Labute approximate surface area is 171 Å². The molecule has 1 unspecified atom stereocenters. The topological polar surface area (TPSA) is 90.0 Å². The van der Waals surface area contributed by atoms with Crippen LogP contribution >= 0.6 is 0 Å². The van der Waals surface area contributed by atoms with Crippen LogP contribution in [0.2, 0.25) is 0 Å². The molecule has 0 aliphatic carbocycles. The summed E-state index contributed by atoms with van der Waals surface area (Å²) in [6.07, 6.45) is 0. The van der Waals surface area contributed by atoms with Gasteiger partial charge in [-0.2, -0.15) is 0 Å². The lowest BCUT2D eigenvalue weighted by Crippen LogP contribution is -2.38. The van der Waals surface area contributed by atoms with Crippen molar-refractivity contribution >= 4 is 19.7 Å². The molecule has 0 bridgehead atoms. The normalized spacial score (nSPS) is 21.6. The van der Waals surface area contributed by atoms with E-state index in [1.54, 1.807) is 30.3 Å². The van der Waals surface area contributed by atoms with Crippen molar-refractivity contribution in [1.82, 2.24) is 4.90 Å². The van der Waals surface area contributed by atoms with E-state index in [1.807, 2.05) is 0 Å². The van der Waals surface area contributed by atoms with Crippen LogP contribution in [-0.2, 0) is 24.4 Å². The molecule has 7 nitrogen and oxygen atoms in total. The van der Waals surface area contributed by atoms with Gasteiger partial charge in [-0.15, -0.1) is 0 Å². The molecule has 0 saturated carbocycles. The number of hydrogen-bond donors (Lipinski definition) is 0. The standard InChI is InChI=1S/C20H23NO6S2/c22-28(23)15-20(29(24,25)17-4-2-1-3-5-17)18-7-6-16(14-19(18)28)27-13-10-21-8-11-26-12-9-21/h1-7,14,20H,8-13,15H2. The Bertz CT molecular complexity index is 1080. The second-order valence-electron chi connectivity index (χ2n) is 7.13. The first kappa shape index (κ1) is 20.3. The monoisotopic (exact) mass is 437 g/mol. The number of nitrogens with zero attached hydrogens (tertiary/aromatic N) is 1. The Morgan fingerprint density at radius 3 is 2.52 bits per heavy atom. The largest absolute Gasteiger partial charge is 0.492 e. The van der Waals surface area contributed by atoms with Gasteiger partial charge in [0, 0.05) is 19.6 Å². The van der Waals surface area contributed by atoms with E-state index in [0.717, 1.165) is 19.6 Å². The molecule has 2 aliphatic rings. The third-order valence-electron chi connectivity index (χ3n) is 5.26. The maximum Gasteiger partial charge on any atom is 0.186 e. The summed E-state index contributed by atoms with van der Waals surface area (Å²) in [4.78, 5) is 2.39. The van der Waals surface area contributed by atoms with Crippen LogP contribution in [0.4, 0.5) is 0 Å². The highest BCUT2D eigenvalue weighted by Gasteiger charge is 2.43. The third-order valence-corrected chi connectivity index (χ3v) is 9.37. The van der Waals surface area contributed by atoms with Crippen LogP contribution in [0.3, 0.4) is 0 Å². The molecule has 156 valence electrons. The first-order chi connectivity index (χ1) is 13.9. The Morgan fingerprint density at radius 2 is 1.79 bits per heavy atom. The number of hydrogen-bond acceptors (Lipinski definition) is 7. The van der Waals surface area contributed by atoms with Crippen molar-refractivity contribution in [2.75, 3.05) is 45.2 Å². The van der Waals surface area contributed by atoms with Gasteiger partial charge in [-0.1, -0.05) is 24.3 Å². The van der Waals surface area contributed by atoms with Gasteiger partial charge in [-0.3, -0.25) is 4.90 Å². The lowest BCUT2D eigenvalue weighted by Gasteiger charge is -2.26. The van der Waals surface area contributed by atoms with Crippen molar-refractivity contribution in [2.24, 2.45) is 0 Å². The summed E-state index contributed by atoms with van der Waals surface area (Å²) >= 11 is 0. The Hall–Kier alpha value is -1.94. The van der Waals surface area contributed by atoms with Crippen LogP contribution in [0, 0.1) is 0 Å². The number of sulfone groups is 2.